The van der Waals surface area contributed by atoms with E-state index in [0.717, 1.165) is 36.9 Å². The molecule has 5 aliphatic carbocycles. The zero-order valence-electron chi connectivity index (χ0n) is 13.0. The van der Waals surface area contributed by atoms with Crippen LogP contribution in [0.2, 0.25) is 0 Å². The van der Waals surface area contributed by atoms with Crippen molar-refractivity contribution in [3.05, 3.63) is 35.9 Å². The zero-order valence-corrected chi connectivity index (χ0v) is 13.0. The lowest BCUT2D eigenvalue weighted by atomic mass is 9.52. The van der Waals surface area contributed by atoms with E-state index in [1.807, 2.05) is 0 Å². The molecule has 23 heavy (non-hydrogen) atoms. The summed E-state index contributed by atoms with van der Waals surface area (Å²) < 4.78 is 11.9. The number of aliphatic hydroxyl groups is 1. The van der Waals surface area contributed by atoms with Gasteiger partial charge in [-0.15, -0.1) is 0 Å². The molecule has 0 amide bonds. The number of hydrogen-bond donors (Lipinski definition) is 1. The first-order chi connectivity index (χ1) is 11.3. The molecule has 0 spiro atoms. The van der Waals surface area contributed by atoms with Gasteiger partial charge in [0.2, 0.25) is 0 Å². The molecule has 7 rings (SSSR count). The van der Waals surface area contributed by atoms with Crippen LogP contribution in [0.15, 0.2) is 30.3 Å². The number of fused-ring (bicyclic) bond motifs is 2. The van der Waals surface area contributed by atoms with Crippen molar-refractivity contribution in [2.75, 3.05) is 13.2 Å². The first-order valence-electron chi connectivity index (χ1n) is 9.33. The van der Waals surface area contributed by atoms with Crippen LogP contribution in [0.3, 0.4) is 0 Å². The molecule has 10 unspecified atom stereocenters. The summed E-state index contributed by atoms with van der Waals surface area (Å²) in [7, 11) is 0. The van der Waals surface area contributed by atoms with Crippen LogP contribution >= 0.6 is 0 Å². The lowest BCUT2D eigenvalue weighted by Crippen LogP contribution is -2.57. The van der Waals surface area contributed by atoms with Gasteiger partial charge >= 0.3 is 0 Å². The summed E-state index contributed by atoms with van der Waals surface area (Å²) in [6, 6.07) is 10.5. The minimum absolute atomic E-state index is 0.0145. The van der Waals surface area contributed by atoms with E-state index < -0.39 is 5.60 Å². The summed E-state index contributed by atoms with van der Waals surface area (Å²) in [5.41, 5.74) is 0.591. The van der Waals surface area contributed by atoms with Crippen LogP contribution in [-0.2, 0) is 15.1 Å². The van der Waals surface area contributed by atoms with Crippen LogP contribution in [0.25, 0.3) is 0 Å². The second-order valence-electron chi connectivity index (χ2n) is 8.80. The van der Waals surface area contributed by atoms with Crippen molar-refractivity contribution in [2.45, 2.75) is 18.3 Å². The molecule has 3 nitrogen and oxygen atoms in total. The molecular weight excluding hydrogens is 288 g/mol. The van der Waals surface area contributed by atoms with Crippen molar-refractivity contribution < 1.29 is 14.6 Å². The third-order valence-corrected chi connectivity index (χ3v) is 8.72. The second kappa shape index (κ2) is 3.68. The number of rotatable bonds is 2. The molecule has 10 atom stereocenters. The third kappa shape index (κ3) is 1.09. The molecule has 120 valence electrons. The Kier molecular flexibility index (Phi) is 2.00. The quantitative estimate of drug-likeness (QED) is 0.910. The molecule has 1 heterocycles. The Bertz CT molecular complexity index is 683. The molecule has 3 heteroatoms. The summed E-state index contributed by atoms with van der Waals surface area (Å²) >= 11 is 0. The summed E-state index contributed by atoms with van der Waals surface area (Å²) in [4.78, 5) is 0. The van der Waals surface area contributed by atoms with Gasteiger partial charge in [0.25, 0.3) is 0 Å². The maximum absolute atomic E-state index is 11.9. The monoisotopic (exact) mass is 310 g/mol. The number of benzene rings is 1. The van der Waals surface area contributed by atoms with Crippen LogP contribution in [0.4, 0.5) is 0 Å². The average molecular weight is 310 g/mol. The summed E-state index contributed by atoms with van der Waals surface area (Å²) in [6.45, 7) is 1.50. The van der Waals surface area contributed by atoms with Crippen molar-refractivity contribution in [2.24, 2.45) is 53.3 Å². The summed E-state index contributed by atoms with van der Waals surface area (Å²) in [5, 5.41) is 11.9. The minimum Gasteiger partial charge on any atom is -0.385 e. The Morgan fingerprint density at radius 3 is 2.35 bits per heavy atom. The van der Waals surface area contributed by atoms with Crippen molar-refractivity contribution in [3.8, 4) is 0 Å². The van der Waals surface area contributed by atoms with Gasteiger partial charge in [0.15, 0.2) is 6.29 Å². The van der Waals surface area contributed by atoms with Crippen molar-refractivity contribution >= 4 is 0 Å². The van der Waals surface area contributed by atoms with Gasteiger partial charge in [-0.25, -0.2) is 0 Å². The maximum atomic E-state index is 11.9. The first kappa shape index (κ1) is 12.5. The van der Waals surface area contributed by atoms with Crippen LogP contribution in [-0.4, -0.2) is 24.6 Å². The smallest absolute Gasteiger partial charge is 0.161 e. The molecule has 0 radical (unpaired) electrons. The summed E-state index contributed by atoms with van der Waals surface area (Å²) in [6.07, 6.45) is 1.37. The predicted octanol–water partition coefficient (Wildman–Crippen LogP) is 2.25. The highest BCUT2D eigenvalue weighted by Crippen LogP contribution is 2.88. The van der Waals surface area contributed by atoms with Crippen molar-refractivity contribution in [3.63, 3.8) is 0 Å². The normalized spacial score (nSPS) is 60.8. The van der Waals surface area contributed by atoms with E-state index >= 15 is 0 Å². The van der Waals surface area contributed by atoms with Gasteiger partial charge in [-0.2, -0.15) is 0 Å². The fourth-order valence-electron chi connectivity index (χ4n) is 8.71. The van der Waals surface area contributed by atoms with E-state index in [1.165, 1.54) is 12.0 Å². The Hall–Kier alpha value is -0.900. The van der Waals surface area contributed by atoms with E-state index in [4.69, 9.17) is 9.47 Å². The van der Waals surface area contributed by atoms with Crippen LogP contribution in [0.1, 0.15) is 12.0 Å². The Labute approximate surface area is 136 Å². The Morgan fingerprint density at radius 2 is 1.57 bits per heavy atom. The van der Waals surface area contributed by atoms with Gasteiger partial charge in [0.1, 0.15) is 0 Å². The van der Waals surface area contributed by atoms with E-state index in [1.54, 1.807) is 0 Å². The zero-order chi connectivity index (χ0) is 14.9. The van der Waals surface area contributed by atoms with Crippen LogP contribution in [0, 0.1) is 53.3 Å². The first-order valence-corrected chi connectivity index (χ1v) is 9.33. The van der Waals surface area contributed by atoms with Crippen LogP contribution < -0.4 is 0 Å². The van der Waals surface area contributed by atoms with Crippen LogP contribution in [0.5, 0.6) is 0 Å². The lowest BCUT2D eigenvalue weighted by Gasteiger charge is -2.55. The Balaban J connectivity index is 1.39. The number of ether oxygens (including phenoxy) is 2. The van der Waals surface area contributed by atoms with Crippen molar-refractivity contribution in [1.82, 2.24) is 0 Å². The van der Waals surface area contributed by atoms with E-state index in [-0.39, 0.29) is 6.29 Å². The molecule has 5 saturated carbocycles. The molecule has 0 aromatic heterocycles. The number of hydrogen-bond acceptors (Lipinski definition) is 3. The Morgan fingerprint density at radius 1 is 0.826 bits per heavy atom. The molecule has 1 saturated heterocycles. The lowest BCUT2D eigenvalue weighted by molar-refractivity contribution is -0.206. The van der Waals surface area contributed by atoms with Crippen molar-refractivity contribution in [1.29, 1.82) is 0 Å². The van der Waals surface area contributed by atoms with Gasteiger partial charge in [-0.05, 0) is 59.3 Å². The molecule has 1 N–H and O–H groups in total. The van der Waals surface area contributed by atoms with E-state index in [2.05, 4.69) is 30.3 Å². The standard InChI is InChI=1S/C20H22O3/c21-20(9-4-2-1-3-5-9)17-11-8-10-12-14(11)18(20)15(12)16(13(10)17)19-22-6-7-23-19/h1-5,10-19,21H,6-8H2. The molecule has 2 bridgehead atoms. The maximum Gasteiger partial charge on any atom is 0.161 e. The fourth-order valence-corrected chi connectivity index (χ4v) is 8.71. The van der Waals surface area contributed by atoms with Gasteiger partial charge in [-0.1, -0.05) is 30.3 Å². The van der Waals surface area contributed by atoms with Gasteiger partial charge in [-0.3, -0.25) is 0 Å². The molecule has 1 aromatic rings. The molecule has 1 aromatic carbocycles. The highest BCUT2D eigenvalue weighted by atomic mass is 16.7. The SMILES string of the molecule is OC1(c2ccccc2)C2C3CC4C5C3C1C5C(C1OCCO1)C42. The highest BCUT2D eigenvalue weighted by molar-refractivity contribution is 5.40. The molecule has 1 aliphatic heterocycles. The largest absolute Gasteiger partial charge is 0.385 e. The van der Waals surface area contributed by atoms with Gasteiger partial charge in [0, 0.05) is 5.92 Å². The minimum atomic E-state index is -0.581. The van der Waals surface area contributed by atoms with Gasteiger partial charge < -0.3 is 14.6 Å². The average Bonchev–Trinajstić information content (AvgIpc) is 3.25. The molecular formula is C20H22O3. The molecule has 6 aliphatic rings. The topological polar surface area (TPSA) is 38.7 Å². The van der Waals surface area contributed by atoms with E-state index in [9.17, 15) is 5.11 Å². The third-order valence-electron chi connectivity index (χ3n) is 8.72. The predicted molar refractivity (Wildman–Crippen MR) is 82.1 cm³/mol. The highest BCUT2D eigenvalue weighted by Gasteiger charge is 2.88. The second-order valence-corrected chi connectivity index (χ2v) is 8.80. The summed E-state index contributed by atoms with van der Waals surface area (Å²) in [5.74, 6) is 5.94. The van der Waals surface area contributed by atoms with E-state index in [0.29, 0.717) is 29.6 Å². The van der Waals surface area contributed by atoms with Gasteiger partial charge in [0.05, 0.1) is 18.8 Å². The molecule has 6 fully saturated rings. The fraction of sp³-hybridized carbons (Fsp3) is 0.700.